The topological polar surface area (TPSA) is 67.8 Å². The van der Waals surface area contributed by atoms with E-state index in [1.54, 1.807) is 6.07 Å². The second-order valence-electron chi connectivity index (χ2n) is 4.25. The van der Waals surface area contributed by atoms with E-state index in [9.17, 15) is 4.39 Å². The van der Waals surface area contributed by atoms with Crippen molar-refractivity contribution in [2.45, 2.75) is 31.8 Å². The zero-order chi connectivity index (χ0) is 13.1. The number of rotatable bonds is 3. The van der Waals surface area contributed by atoms with Crippen LogP contribution in [0, 0.1) is 5.82 Å². The molecule has 3 N–H and O–H groups in total. The Hall–Kier alpha value is -1.30. The van der Waals surface area contributed by atoms with Crippen LogP contribution in [0.4, 0.5) is 4.39 Å². The Kier molecular flexibility index (Phi) is 4.06. The molecule has 1 aliphatic rings. The van der Waals surface area contributed by atoms with Crippen LogP contribution in [0.1, 0.15) is 31.2 Å². The molecule has 6 heteroatoms. The van der Waals surface area contributed by atoms with E-state index in [0.29, 0.717) is 5.56 Å². The van der Waals surface area contributed by atoms with E-state index < -0.39 is 5.82 Å². The van der Waals surface area contributed by atoms with E-state index in [1.807, 2.05) is 0 Å². The Morgan fingerprint density at radius 3 is 2.72 bits per heavy atom. The van der Waals surface area contributed by atoms with Crippen LogP contribution < -0.4 is 10.5 Å². The molecule has 18 heavy (non-hydrogen) atoms. The maximum Gasteiger partial charge on any atom is 0.179 e. The zero-order valence-electron chi connectivity index (χ0n) is 9.70. The number of nitrogens with two attached hydrogens (primary N) is 1. The first-order chi connectivity index (χ1) is 8.63. The molecule has 1 saturated carbocycles. The van der Waals surface area contributed by atoms with Crippen LogP contribution in [0.15, 0.2) is 21.8 Å². The van der Waals surface area contributed by atoms with Gasteiger partial charge in [0.1, 0.15) is 0 Å². The minimum absolute atomic E-state index is 0.0844. The van der Waals surface area contributed by atoms with Crippen molar-refractivity contribution in [3.05, 3.63) is 28.0 Å². The highest BCUT2D eigenvalue weighted by molar-refractivity contribution is 9.10. The molecule has 4 nitrogen and oxygen atoms in total. The number of halogens is 2. The molecule has 1 fully saturated rings. The molecule has 0 saturated heterocycles. The van der Waals surface area contributed by atoms with Gasteiger partial charge in [0.15, 0.2) is 17.4 Å². The molecule has 1 aromatic carbocycles. The minimum atomic E-state index is -0.522. The third kappa shape index (κ3) is 2.58. The lowest BCUT2D eigenvalue weighted by atomic mass is 10.2. The van der Waals surface area contributed by atoms with Crippen molar-refractivity contribution in [3.63, 3.8) is 0 Å². The molecule has 0 amide bonds. The number of amidine groups is 1. The van der Waals surface area contributed by atoms with Crippen molar-refractivity contribution in [1.82, 2.24) is 0 Å². The molecule has 2 rings (SSSR count). The predicted octanol–water partition coefficient (Wildman–Crippen LogP) is 3.00. The van der Waals surface area contributed by atoms with E-state index in [2.05, 4.69) is 21.1 Å². The third-order valence-electron chi connectivity index (χ3n) is 3.03. The predicted molar refractivity (Wildman–Crippen MR) is 69.5 cm³/mol. The van der Waals surface area contributed by atoms with Gasteiger partial charge in [0.25, 0.3) is 0 Å². The van der Waals surface area contributed by atoms with Gasteiger partial charge in [0, 0.05) is 5.56 Å². The first-order valence-corrected chi connectivity index (χ1v) is 6.55. The fourth-order valence-electron chi connectivity index (χ4n) is 2.06. The Balaban J connectivity index is 2.25. The molecule has 0 aliphatic heterocycles. The summed E-state index contributed by atoms with van der Waals surface area (Å²) in [6.07, 6.45) is 4.24. The van der Waals surface area contributed by atoms with Crippen LogP contribution >= 0.6 is 15.9 Å². The van der Waals surface area contributed by atoms with Gasteiger partial charge >= 0.3 is 0 Å². The van der Waals surface area contributed by atoms with Gasteiger partial charge < -0.3 is 15.7 Å². The van der Waals surface area contributed by atoms with Crippen LogP contribution in [0.2, 0.25) is 0 Å². The summed E-state index contributed by atoms with van der Waals surface area (Å²) < 4.78 is 19.8. The SMILES string of the molecule is N/C(=N/O)c1ccc(OC2CCCC2)c(F)c1Br. The van der Waals surface area contributed by atoms with Crippen molar-refractivity contribution in [2.24, 2.45) is 10.9 Å². The largest absolute Gasteiger partial charge is 0.487 e. The first-order valence-electron chi connectivity index (χ1n) is 5.76. The summed E-state index contributed by atoms with van der Waals surface area (Å²) in [7, 11) is 0. The highest BCUT2D eigenvalue weighted by Gasteiger charge is 2.20. The van der Waals surface area contributed by atoms with Crippen LogP contribution in [-0.2, 0) is 0 Å². The molecule has 0 spiro atoms. The monoisotopic (exact) mass is 316 g/mol. The zero-order valence-corrected chi connectivity index (χ0v) is 11.3. The Labute approximate surface area is 113 Å². The summed E-state index contributed by atoms with van der Waals surface area (Å²) in [5, 5.41) is 11.4. The van der Waals surface area contributed by atoms with E-state index in [-0.39, 0.29) is 22.2 Å². The van der Waals surface area contributed by atoms with Crippen LogP contribution in [0.5, 0.6) is 5.75 Å². The van der Waals surface area contributed by atoms with Gasteiger partial charge in [-0.2, -0.15) is 0 Å². The summed E-state index contributed by atoms with van der Waals surface area (Å²) >= 11 is 3.09. The van der Waals surface area contributed by atoms with E-state index in [4.69, 9.17) is 15.7 Å². The van der Waals surface area contributed by atoms with Crippen molar-refractivity contribution in [3.8, 4) is 5.75 Å². The van der Waals surface area contributed by atoms with Crippen molar-refractivity contribution in [2.75, 3.05) is 0 Å². The number of hydrogen-bond acceptors (Lipinski definition) is 3. The highest BCUT2D eigenvalue weighted by atomic mass is 79.9. The Bertz CT molecular complexity index is 473. The molecule has 0 atom stereocenters. The number of hydrogen-bond donors (Lipinski definition) is 2. The first kappa shape index (κ1) is 13.1. The van der Waals surface area contributed by atoms with Gasteiger partial charge in [0.05, 0.1) is 10.6 Å². The summed E-state index contributed by atoms with van der Waals surface area (Å²) in [6, 6.07) is 3.07. The van der Waals surface area contributed by atoms with Crippen LogP contribution in [-0.4, -0.2) is 17.1 Å². The number of ether oxygens (including phenoxy) is 1. The standard InChI is InChI=1S/C12H14BrFN2O2/c13-10-8(12(15)16-17)5-6-9(11(10)14)18-7-3-1-2-4-7/h5-7,17H,1-4H2,(H2,15,16). The maximum absolute atomic E-state index is 14.0. The minimum Gasteiger partial charge on any atom is -0.487 e. The van der Waals surface area contributed by atoms with Crippen molar-refractivity contribution < 1.29 is 14.3 Å². The van der Waals surface area contributed by atoms with Crippen molar-refractivity contribution >= 4 is 21.8 Å². The second kappa shape index (κ2) is 5.56. The van der Waals surface area contributed by atoms with Gasteiger partial charge in [0.2, 0.25) is 0 Å². The maximum atomic E-state index is 14.0. The average Bonchev–Trinajstić information content (AvgIpc) is 2.87. The van der Waals surface area contributed by atoms with Crippen molar-refractivity contribution in [1.29, 1.82) is 0 Å². The van der Waals surface area contributed by atoms with E-state index in [1.165, 1.54) is 6.07 Å². The second-order valence-corrected chi connectivity index (χ2v) is 5.04. The van der Waals surface area contributed by atoms with E-state index in [0.717, 1.165) is 25.7 Å². The fraction of sp³-hybridized carbons (Fsp3) is 0.417. The number of benzene rings is 1. The molecule has 0 bridgehead atoms. The van der Waals surface area contributed by atoms with Gasteiger partial charge in [-0.15, -0.1) is 0 Å². The molecule has 0 radical (unpaired) electrons. The molecule has 98 valence electrons. The molecular formula is C12H14BrFN2O2. The number of oxime groups is 1. The molecule has 1 aliphatic carbocycles. The molecule has 0 aromatic heterocycles. The van der Waals surface area contributed by atoms with E-state index >= 15 is 0 Å². The summed E-state index contributed by atoms with van der Waals surface area (Å²) in [5.41, 5.74) is 5.74. The smallest absolute Gasteiger partial charge is 0.179 e. The lowest BCUT2D eigenvalue weighted by Gasteiger charge is -2.15. The van der Waals surface area contributed by atoms with Crippen LogP contribution in [0.25, 0.3) is 0 Å². The quantitative estimate of drug-likeness (QED) is 0.390. The molecular weight excluding hydrogens is 303 g/mol. The lowest BCUT2D eigenvalue weighted by molar-refractivity contribution is 0.200. The summed E-state index contributed by atoms with van der Waals surface area (Å²) in [6.45, 7) is 0. The lowest BCUT2D eigenvalue weighted by Crippen LogP contribution is -2.16. The van der Waals surface area contributed by atoms with Gasteiger partial charge in [-0.1, -0.05) is 5.16 Å². The molecule has 0 heterocycles. The Morgan fingerprint density at radius 2 is 2.11 bits per heavy atom. The summed E-state index contributed by atoms with van der Waals surface area (Å²) in [4.78, 5) is 0. The van der Waals surface area contributed by atoms with Gasteiger partial charge in [-0.3, -0.25) is 0 Å². The summed E-state index contributed by atoms with van der Waals surface area (Å²) in [5.74, 6) is -0.470. The normalized spacial score (nSPS) is 17.1. The molecule has 0 unspecified atom stereocenters. The van der Waals surface area contributed by atoms with Gasteiger partial charge in [-0.25, -0.2) is 4.39 Å². The van der Waals surface area contributed by atoms with Crippen LogP contribution in [0.3, 0.4) is 0 Å². The highest BCUT2D eigenvalue weighted by Crippen LogP contribution is 2.31. The van der Waals surface area contributed by atoms with Gasteiger partial charge in [-0.05, 0) is 53.7 Å². The third-order valence-corrected chi connectivity index (χ3v) is 3.80. The fourth-order valence-corrected chi connectivity index (χ4v) is 2.59. The average molecular weight is 317 g/mol. The number of nitrogens with zero attached hydrogens (tertiary/aromatic N) is 1. The Morgan fingerprint density at radius 1 is 1.44 bits per heavy atom. The molecule has 1 aromatic rings.